The molecule has 0 saturated heterocycles. The van der Waals surface area contributed by atoms with Crippen molar-refractivity contribution in [2.45, 2.75) is 0 Å². The quantitative estimate of drug-likeness (QED) is 0.364. The van der Waals surface area contributed by atoms with E-state index in [1.807, 2.05) is 0 Å². The van der Waals surface area contributed by atoms with Crippen LogP contribution >= 0.6 is 12.6 Å². The van der Waals surface area contributed by atoms with E-state index in [-0.39, 0.29) is 17.1 Å². The third-order valence-electron chi connectivity index (χ3n) is 0. The number of carbonyl (C=O) groups excluding carboxylic acids is 1. The molecule has 0 aliphatic heterocycles. The first-order valence-corrected chi connectivity index (χ1v) is 1.16. The largest absolute Gasteiger partial charge is 0.361 e. The van der Waals surface area contributed by atoms with Crippen molar-refractivity contribution in [1.82, 2.24) is 0 Å². The van der Waals surface area contributed by atoms with Crippen molar-refractivity contribution < 1.29 is 4.79 Å². The molecule has 0 saturated carbocycles. The SMILES string of the molecule is NC(=O)S.[Se]. The molecule has 0 aliphatic carbocycles. The Balaban J connectivity index is 0. The molecule has 2 N–H and O–H groups in total. The second-order valence-electron chi connectivity index (χ2n) is 0.338. The molecule has 0 unspecified atom stereocenters. The Hall–Kier alpha value is 0.339. The summed E-state index contributed by atoms with van der Waals surface area (Å²) in [5.74, 6) is 0. The van der Waals surface area contributed by atoms with Gasteiger partial charge < -0.3 is 5.73 Å². The summed E-state index contributed by atoms with van der Waals surface area (Å²) in [5.41, 5.74) is 4.34. The summed E-state index contributed by atoms with van der Waals surface area (Å²) < 4.78 is 0. The molecule has 4 heteroatoms. The Kier molecular flexibility index (Phi) is 7.83. The molecule has 0 atom stereocenters. The topological polar surface area (TPSA) is 43.1 Å². The van der Waals surface area contributed by atoms with E-state index in [1.165, 1.54) is 0 Å². The summed E-state index contributed by atoms with van der Waals surface area (Å²) in [7, 11) is 0. The predicted molar refractivity (Wildman–Crippen MR) is 24.3 cm³/mol. The second kappa shape index (κ2) is 4.34. The molecule has 0 bridgehead atoms. The van der Waals surface area contributed by atoms with Crippen molar-refractivity contribution in [1.29, 1.82) is 0 Å². The van der Waals surface area contributed by atoms with Gasteiger partial charge in [-0.15, -0.1) is 0 Å². The Labute approximate surface area is 46.0 Å². The van der Waals surface area contributed by atoms with Crippen LogP contribution < -0.4 is 5.73 Å². The van der Waals surface area contributed by atoms with Gasteiger partial charge >= 0.3 is 0 Å². The van der Waals surface area contributed by atoms with Crippen LogP contribution in [0.1, 0.15) is 0 Å². The molecule has 0 aliphatic rings. The van der Waals surface area contributed by atoms with Crippen molar-refractivity contribution in [2.24, 2.45) is 5.73 Å². The third-order valence-corrected chi connectivity index (χ3v) is 0. The van der Waals surface area contributed by atoms with Crippen LogP contribution in [-0.2, 0) is 0 Å². The molecule has 2 radical (unpaired) electrons. The number of nitrogens with two attached hydrogens (primary N) is 1. The molecule has 0 aromatic carbocycles. The fourth-order valence-corrected chi connectivity index (χ4v) is 0. The van der Waals surface area contributed by atoms with E-state index >= 15 is 0 Å². The minimum Gasteiger partial charge on any atom is -0.361 e. The molecule has 0 aromatic rings. The second-order valence-corrected chi connectivity index (χ2v) is 0.779. The van der Waals surface area contributed by atoms with Crippen LogP contribution in [0, 0.1) is 0 Å². The average molecular weight is 156 g/mol. The van der Waals surface area contributed by atoms with Crippen LogP contribution in [0.2, 0.25) is 0 Å². The van der Waals surface area contributed by atoms with Gasteiger partial charge in [0.15, 0.2) is 0 Å². The number of amides is 1. The monoisotopic (exact) mass is 157 g/mol. The average Bonchev–Trinajstić information content (AvgIpc) is 0.811. The van der Waals surface area contributed by atoms with Gasteiger partial charge in [-0.3, -0.25) is 4.79 Å². The van der Waals surface area contributed by atoms with E-state index in [2.05, 4.69) is 18.4 Å². The van der Waals surface area contributed by atoms with E-state index in [0.717, 1.165) is 0 Å². The molecule has 30 valence electrons. The van der Waals surface area contributed by atoms with Crippen molar-refractivity contribution >= 4 is 34.9 Å². The van der Waals surface area contributed by atoms with Crippen molar-refractivity contribution in [2.75, 3.05) is 0 Å². The van der Waals surface area contributed by atoms with E-state index in [4.69, 9.17) is 4.79 Å². The summed E-state index contributed by atoms with van der Waals surface area (Å²) in [5, 5.41) is -0.639. The zero-order valence-corrected chi connectivity index (χ0v) is 4.95. The number of hydrogen-bond donors (Lipinski definition) is 2. The van der Waals surface area contributed by atoms with E-state index in [1.54, 1.807) is 0 Å². The fourth-order valence-electron chi connectivity index (χ4n) is 0. The van der Waals surface area contributed by atoms with Crippen LogP contribution in [0.4, 0.5) is 4.79 Å². The number of thiol groups is 1. The summed E-state index contributed by atoms with van der Waals surface area (Å²) in [4.78, 5) is 9.09. The van der Waals surface area contributed by atoms with Gasteiger partial charge in [0, 0.05) is 17.1 Å². The first-order chi connectivity index (χ1) is 1.73. The number of carbonyl (C=O) groups is 1. The summed E-state index contributed by atoms with van der Waals surface area (Å²) in [6.07, 6.45) is 0. The molecular weight excluding hydrogens is 153 g/mol. The normalized spacial score (nSPS) is 5.00. The molecule has 2 nitrogen and oxygen atoms in total. The van der Waals surface area contributed by atoms with Gasteiger partial charge in [-0.25, -0.2) is 0 Å². The van der Waals surface area contributed by atoms with E-state index < -0.39 is 5.24 Å². The predicted octanol–water partition coefficient (Wildman–Crippen LogP) is -0.386. The minimum atomic E-state index is -0.639. The van der Waals surface area contributed by atoms with Crippen molar-refractivity contribution in [3.05, 3.63) is 0 Å². The zero-order chi connectivity index (χ0) is 3.58. The van der Waals surface area contributed by atoms with Gasteiger partial charge in [-0.2, -0.15) is 0 Å². The molecular formula is CH3NOSSe. The van der Waals surface area contributed by atoms with Crippen LogP contribution in [0.3, 0.4) is 0 Å². The zero-order valence-electron chi connectivity index (χ0n) is 2.34. The van der Waals surface area contributed by atoms with Crippen LogP contribution in [0.15, 0.2) is 0 Å². The minimum absolute atomic E-state index is 0. The van der Waals surface area contributed by atoms with E-state index in [0.29, 0.717) is 0 Å². The molecule has 0 rings (SSSR count). The Bertz CT molecular complexity index is 34.6. The van der Waals surface area contributed by atoms with Gasteiger partial charge in [0.05, 0.1) is 0 Å². The van der Waals surface area contributed by atoms with Gasteiger partial charge in [0.1, 0.15) is 0 Å². The maximum atomic E-state index is 9.09. The van der Waals surface area contributed by atoms with Gasteiger partial charge in [-0.05, 0) is 0 Å². The molecule has 0 spiro atoms. The van der Waals surface area contributed by atoms with Gasteiger partial charge in [0.2, 0.25) is 0 Å². The summed E-state index contributed by atoms with van der Waals surface area (Å²) >= 11 is 3.10. The number of rotatable bonds is 0. The smallest absolute Gasteiger partial charge is 0.273 e. The van der Waals surface area contributed by atoms with Crippen LogP contribution in [-0.4, -0.2) is 22.3 Å². The molecule has 0 heterocycles. The first-order valence-electron chi connectivity index (χ1n) is 0.716. The standard InChI is InChI=1S/CH3NOS.Se/c2-1(3)4;/h(H3,2,3,4);. The van der Waals surface area contributed by atoms with Crippen molar-refractivity contribution in [3.8, 4) is 0 Å². The van der Waals surface area contributed by atoms with Gasteiger partial charge in [0.25, 0.3) is 5.24 Å². The van der Waals surface area contributed by atoms with Crippen LogP contribution in [0.5, 0.6) is 0 Å². The Morgan fingerprint density at radius 1 is 1.80 bits per heavy atom. The van der Waals surface area contributed by atoms with Crippen molar-refractivity contribution in [3.63, 3.8) is 0 Å². The van der Waals surface area contributed by atoms with Gasteiger partial charge in [-0.1, -0.05) is 12.6 Å². The molecule has 0 aromatic heterocycles. The summed E-state index contributed by atoms with van der Waals surface area (Å²) in [6.45, 7) is 0. The third kappa shape index (κ3) is 206. The Morgan fingerprint density at radius 3 is 1.80 bits per heavy atom. The maximum Gasteiger partial charge on any atom is 0.273 e. The Morgan fingerprint density at radius 2 is 1.80 bits per heavy atom. The molecule has 0 fully saturated rings. The fraction of sp³-hybridized carbons (Fsp3) is 0. The molecule has 5 heavy (non-hydrogen) atoms. The summed E-state index contributed by atoms with van der Waals surface area (Å²) in [6, 6.07) is 0. The van der Waals surface area contributed by atoms with Crippen LogP contribution in [0.25, 0.3) is 0 Å². The molecule has 1 amide bonds. The maximum absolute atomic E-state index is 9.09. The number of hydrogen-bond acceptors (Lipinski definition) is 1. The van der Waals surface area contributed by atoms with E-state index in [9.17, 15) is 0 Å². The number of primary amides is 1. The first kappa shape index (κ1) is 9.02.